The number of benzene rings is 2. The van der Waals surface area contributed by atoms with Gasteiger partial charge in [0.1, 0.15) is 0 Å². The number of rotatable bonds is 4. The van der Waals surface area contributed by atoms with Crippen molar-refractivity contribution in [2.75, 3.05) is 16.8 Å². The van der Waals surface area contributed by atoms with E-state index >= 15 is 0 Å². The number of amides is 2. The van der Waals surface area contributed by atoms with Gasteiger partial charge in [0, 0.05) is 29.9 Å². The first-order valence-corrected chi connectivity index (χ1v) is 8.54. The monoisotopic (exact) mass is 390 g/mol. The molecule has 0 aliphatic carbocycles. The van der Waals surface area contributed by atoms with Crippen molar-refractivity contribution in [3.8, 4) is 0 Å². The predicted molar refractivity (Wildman–Crippen MR) is 97.0 cm³/mol. The molecule has 1 fully saturated rings. The number of nitrogens with one attached hydrogen (secondary N) is 1. The van der Waals surface area contributed by atoms with Crippen molar-refractivity contribution >= 4 is 29.0 Å². The molecule has 0 spiro atoms. The number of carbonyl (C=O) groups excluding carboxylic acids is 3. The van der Waals surface area contributed by atoms with Crippen LogP contribution in [0.15, 0.2) is 48.5 Å². The third-order valence-electron chi connectivity index (χ3n) is 4.56. The highest BCUT2D eigenvalue weighted by Crippen LogP contribution is 2.30. The number of anilines is 2. The SMILES string of the molecule is CC(=O)c1ccc(N2CC(C(=O)Nc3ccc(C(F)(F)F)cc3)CC2=O)cc1. The standard InChI is InChI=1S/C20H17F3N2O3/c1-12(26)13-2-8-17(9-3-13)25-11-14(10-18(25)27)19(28)24-16-6-4-15(5-7-16)20(21,22)23/h2-9,14H,10-11H2,1H3,(H,24,28). The van der Waals surface area contributed by atoms with E-state index in [0.29, 0.717) is 11.3 Å². The summed E-state index contributed by atoms with van der Waals surface area (Å²) in [5.41, 5.74) is 0.531. The molecule has 1 aliphatic rings. The van der Waals surface area contributed by atoms with E-state index in [0.717, 1.165) is 12.1 Å². The van der Waals surface area contributed by atoms with E-state index < -0.39 is 23.6 Å². The van der Waals surface area contributed by atoms with Crippen molar-refractivity contribution < 1.29 is 27.6 Å². The van der Waals surface area contributed by atoms with Crippen molar-refractivity contribution in [3.05, 3.63) is 59.7 Å². The summed E-state index contributed by atoms with van der Waals surface area (Å²) in [5.74, 6) is -1.38. The molecule has 0 bridgehead atoms. The zero-order chi connectivity index (χ0) is 20.5. The van der Waals surface area contributed by atoms with Crippen molar-refractivity contribution in [2.24, 2.45) is 5.92 Å². The molecule has 2 aromatic rings. The van der Waals surface area contributed by atoms with Crippen LogP contribution in [0, 0.1) is 5.92 Å². The molecule has 5 nitrogen and oxygen atoms in total. The van der Waals surface area contributed by atoms with Crippen LogP contribution in [-0.4, -0.2) is 24.1 Å². The van der Waals surface area contributed by atoms with Crippen molar-refractivity contribution in [1.29, 1.82) is 0 Å². The lowest BCUT2D eigenvalue weighted by Gasteiger charge is -2.17. The molecule has 28 heavy (non-hydrogen) atoms. The van der Waals surface area contributed by atoms with Crippen LogP contribution in [0.5, 0.6) is 0 Å². The number of halogens is 3. The molecule has 0 radical (unpaired) electrons. The Morgan fingerprint density at radius 3 is 2.18 bits per heavy atom. The second-order valence-electron chi connectivity index (χ2n) is 6.57. The molecule has 1 saturated heterocycles. The number of carbonyl (C=O) groups is 3. The van der Waals surface area contributed by atoms with Crippen LogP contribution in [0.25, 0.3) is 0 Å². The number of hydrogen-bond acceptors (Lipinski definition) is 3. The minimum absolute atomic E-state index is 0.000920. The van der Waals surface area contributed by atoms with Gasteiger partial charge in [-0.25, -0.2) is 0 Å². The first-order valence-electron chi connectivity index (χ1n) is 8.54. The summed E-state index contributed by atoms with van der Waals surface area (Å²) < 4.78 is 37.8. The third kappa shape index (κ3) is 4.21. The Labute approximate surface area is 159 Å². The van der Waals surface area contributed by atoms with E-state index in [1.165, 1.54) is 24.0 Å². The summed E-state index contributed by atoms with van der Waals surface area (Å²) >= 11 is 0. The van der Waals surface area contributed by atoms with Crippen LogP contribution < -0.4 is 10.2 Å². The van der Waals surface area contributed by atoms with E-state index in [1.54, 1.807) is 24.3 Å². The molecular formula is C20H17F3N2O3. The zero-order valence-corrected chi connectivity index (χ0v) is 14.9. The number of nitrogens with zero attached hydrogens (tertiary/aromatic N) is 1. The van der Waals surface area contributed by atoms with Gasteiger partial charge in [-0.1, -0.05) is 0 Å². The molecule has 0 aromatic heterocycles. The molecule has 1 unspecified atom stereocenters. The van der Waals surface area contributed by atoms with E-state index in [-0.39, 0.29) is 30.3 Å². The molecule has 3 rings (SSSR count). The third-order valence-corrected chi connectivity index (χ3v) is 4.56. The number of ketones is 1. The van der Waals surface area contributed by atoms with Gasteiger partial charge < -0.3 is 10.2 Å². The van der Waals surface area contributed by atoms with Crippen LogP contribution >= 0.6 is 0 Å². The van der Waals surface area contributed by atoms with Gasteiger partial charge in [0.2, 0.25) is 11.8 Å². The lowest BCUT2D eigenvalue weighted by molar-refractivity contribution is -0.137. The summed E-state index contributed by atoms with van der Waals surface area (Å²) in [4.78, 5) is 37.5. The quantitative estimate of drug-likeness (QED) is 0.806. The molecule has 2 amide bonds. The summed E-state index contributed by atoms with van der Waals surface area (Å²) in [5, 5.41) is 2.55. The molecule has 1 atom stereocenters. The summed E-state index contributed by atoms with van der Waals surface area (Å²) in [7, 11) is 0. The molecule has 8 heteroatoms. The van der Waals surface area contributed by atoms with E-state index in [2.05, 4.69) is 5.32 Å². The highest BCUT2D eigenvalue weighted by Gasteiger charge is 2.35. The fraction of sp³-hybridized carbons (Fsp3) is 0.250. The zero-order valence-electron chi connectivity index (χ0n) is 14.9. The van der Waals surface area contributed by atoms with E-state index in [4.69, 9.17) is 0 Å². The highest BCUT2D eigenvalue weighted by molar-refractivity contribution is 6.03. The number of alkyl halides is 3. The Hall–Kier alpha value is -3.16. The van der Waals surface area contributed by atoms with Gasteiger partial charge in [-0.2, -0.15) is 13.2 Å². The van der Waals surface area contributed by atoms with Crippen LogP contribution in [0.3, 0.4) is 0 Å². The maximum atomic E-state index is 12.6. The van der Waals surface area contributed by atoms with Crippen molar-refractivity contribution in [3.63, 3.8) is 0 Å². The van der Waals surface area contributed by atoms with Crippen molar-refractivity contribution in [1.82, 2.24) is 0 Å². The fourth-order valence-corrected chi connectivity index (χ4v) is 3.00. The lowest BCUT2D eigenvalue weighted by Crippen LogP contribution is -2.28. The molecule has 2 aromatic carbocycles. The smallest absolute Gasteiger partial charge is 0.326 e. The van der Waals surface area contributed by atoms with Crippen molar-refractivity contribution in [2.45, 2.75) is 19.5 Å². The second-order valence-corrected chi connectivity index (χ2v) is 6.57. The Morgan fingerprint density at radius 1 is 1.04 bits per heavy atom. The normalized spacial score (nSPS) is 16.9. The number of hydrogen-bond donors (Lipinski definition) is 1. The van der Waals surface area contributed by atoms with E-state index in [9.17, 15) is 27.6 Å². The maximum absolute atomic E-state index is 12.6. The highest BCUT2D eigenvalue weighted by atomic mass is 19.4. The predicted octanol–water partition coefficient (Wildman–Crippen LogP) is 3.90. The fourth-order valence-electron chi connectivity index (χ4n) is 3.00. The first-order chi connectivity index (χ1) is 13.1. The molecular weight excluding hydrogens is 373 g/mol. The topological polar surface area (TPSA) is 66.5 Å². The molecule has 1 heterocycles. The maximum Gasteiger partial charge on any atom is 0.416 e. The van der Waals surface area contributed by atoms with Crippen LogP contribution in [-0.2, 0) is 15.8 Å². The molecule has 146 valence electrons. The first kappa shape index (κ1) is 19.6. The van der Waals surface area contributed by atoms with Gasteiger partial charge in [-0.3, -0.25) is 14.4 Å². The summed E-state index contributed by atoms with van der Waals surface area (Å²) in [6.45, 7) is 1.60. The van der Waals surface area contributed by atoms with Gasteiger partial charge in [-0.05, 0) is 55.5 Å². The van der Waals surface area contributed by atoms with Gasteiger partial charge >= 0.3 is 6.18 Å². The largest absolute Gasteiger partial charge is 0.416 e. The number of Topliss-reactive ketones (excluding diaryl/α,β-unsaturated/α-hetero) is 1. The Kier molecular flexibility index (Phi) is 5.22. The lowest BCUT2D eigenvalue weighted by atomic mass is 10.1. The minimum atomic E-state index is -4.45. The average Bonchev–Trinajstić information content (AvgIpc) is 3.03. The Balaban J connectivity index is 1.65. The second kappa shape index (κ2) is 7.46. The molecule has 1 aliphatic heterocycles. The summed E-state index contributed by atoms with van der Waals surface area (Å²) in [6, 6.07) is 10.6. The average molecular weight is 390 g/mol. The van der Waals surface area contributed by atoms with Gasteiger partial charge in [-0.15, -0.1) is 0 Å². The Bertz CT molecular complexity index is 906. The minimum Gasteiger partial charge on any atom is -0.326 e. The molecule has 1 N–H and O–H groups in total. The van der Waals surface area contributed by atoms with Crippen LogP contribution in [0.1, 0.15) is 29.3 Å². The van der Waals surface area contributed by atoms with E-state index in [1.807, 2.05) is 0 Å². The Morgan fingerprint density at radius 2 is 1.64 bits per heavy atom. The van der Waals surface area contributed by atoms with Crippen LogP contribution in [0.4, 0.5) is 24.5 Å². The summed E-state index contributed by atoms with van der Waals surface area (Å²) in [6.07, 6.45) is -4.44. The van der Waals surface area contributed by atoms with Crippen LogP contribution in [0.2, 0.25) is 0 Å². The van der Waals surface area contributed by atoms with Gasteiger partial charge in [0.25, 0.3) is 0 Å². The van der Waals surface area contributed by atoms with Gasteiger partial charge in [0.05, 0.1) is 11.5 Å². The van der Waals surface area contributed by atoms with Gasteiger partial charge in [0.15, 0.2) is 5.78 Å². The molecule has 0 saturated carbocycles.